The summed E-state index contributed by atoms with van der Waals surface area (Å²) in [7, 11) is 2.09. The molecule has 2 heteroatoms. The Morgan fingerprint density at radius 1 is 1.40 bits per heavy atom. The fraction of sp³-hybridized carbons (Fsp3) is 1.00. The largest absolute Gasteiger partial charge is 0.315 e. The Hall–Kier alpha value is -0.0800. The molecule has 1 N–H and O–H groups in total. The molecule has 2 aliphatic heterocycles. The molecule has 2 heterocycles. The highest BCUT2D eigenvalue weighted by atomic mass is 15.2. The van der Waals surface area contributed by atoms with E-state index in [9.17, 15) is 0 Å². The second kappa shape index (κ2) is 2.51. The number of hydrogen-bond acceptors (Lipinski definition) is 2. The Morgan fingerprint density at radius 3 is 3.00 bits per heavy atom. The molecule has 3 atom stereocenters. The van der Waals surface area contributed by atoms with Gasteiger partial charge in [0.1, 0.15) is 0 Å². The van der Waals surface area contributed by atoms with Crippen LogP contribution in [-0.2, 0) is 0 Å². The maximum absolute atomic E-state index is 3.39. The second-order valence-electron chi connectivity index (χ2n) is 3.56. The molecule has 58 valence electrons. The molecule has 1 unspecified atom stereocenters. The number of fused-ring (bicyclic) bond motifs is 2. The van der Waals surface area contributed by atoms with Crippen LogP contribution in [0.1, 0.15) is 12.8 Å². The molecule has 2 bridgehead atoms. The van der Waals surface area contributed by atoms with Gasteiger partial charge in [-0.3, -0.25) is 0 Å². The van der Waals surface area contributed by atoms with Gasteiger partial charge in [0.2, 0.25) is 0 Å². The minimum Gasteiger partial charge on any atom is -0.315 e. The van der Waals surface area contributed by atoms with Crippen molar-refractivity contribution in [2.24, 2.45) is 5.92 Å². The Kier molecular flexibility index (Phi) is 1.66. The average molecular weight is 140 g/mol. The zero-order valence-electron chi connectivity index (χ0n) is 6.64. The first kappa shape index (κ1) is 6.62. The second-order valence-corrected chi connectivity index (χ2v) is 3.56. The molecule has 2 nitrogen and oxygen atoms in total. The van der Waals surface area contributed by atoms with Crippen LogP contribution < -0.4 is 5.32 Å². The highest BCUT2D eigenvalue weighted by Crippen LogP contribution is 2.26. The van der Waals surface area contributed by atoms with Crippen LogP contribution in [0.15, 0.2) is 0 Å². The van der Waals surface area contributed by atoms with Crippen LogP contribution in [0, 0.1) is 5.92 Å². The average Bonchev–Trinajstić information content (AvgIpc) is 2.26. The zero-order chi connectivity index (χ0) is 6.97. The number of hydrogen-bond donors (Lipinski definition) is 1. The highest BCUT2D eigenvalue weighted by Gasteiger charge is 2.33. The van der Waals surface area contributed by atoms with Gasteiger partial charge in [-0.1, -0.05) is 0 Å². The summed E-state index contributed by atoms with van der Waals surface area (Å²) in [4.78, 5) is 2.58. The molecule has 10 heavy (non-hydrogen) atoms. The molecule has 0 radical (unpaired) electrons. The third-order valence-electron chi connectivity index (χ3n) is 2.94. The monoisotopic (exact) mass is 140 g/mol. The van der Waals surface area contributed by atoms with E-state index in [0.29, 0.717) is 0 Å². The van der Waals surface area contributed by atoms with Crippen LogP contribution in [0.25, 0.3) is 0 Å². The lowest BCUT2D eigenvalue weighted by Crippen LogP contribution is -2.32. The van der Waals surface area contributed by atoms with Crippen LogP contribution >= 0.6 is 0 Å². The van der Waals surface area contributed by atoms with Gasteiger partial charge >= 0.3 is 0 Å². The van der Waals surface area contributed by atoms with E-state index in [1.54, 1.807) is 0 Å². The predicted octanol–water partition coefficient (Wildman–Crippen LogP) is 0.300. The topological polar surface area (TPSA) is 15.3 Å². The van der Waals surface area contributed by atoms with Gasteiger partial charge in [-0.05, 0) is 32.4 Å². The first-order valence-electron chi connectivity index (χ1n) is 4.30. The van der Waals surface area contributed by atoms with Crippen molar-refractivity contribution in [1.82, 2.24) is 10.2 Å². The van der Waals surface area contributed by atoms with Gasteiger partial charge in [0.15, 0.2) is 0 Å². The van der Waals surface area contributed by atoms with E-state index in [2.05, 4.69) is 17.3 Å². The summed E-state index contributed by atoms with van der Waals surface area (Å²) in [6.07, 6.45) is 2.87. The van der Waals surface area contributed by atoms with E-state index in [1.165, 1.54) is 32.5 Å². The van der Waals surface area contributed by atoms with Crippen molar-refractivity contribution in [2.45, 2.75) is 18.9 Å². The summed E-state index contributed by atoms with van der Waals surface area (Å²) >= 11 is 0. The van der Waals surface area contributed by atoms with E-state index in [-0.39, 0.29) is 0 Å². The fourth-order valence-corrected chi connectivity index (χ4v) is 2.34. The van der Waals surface area contributed by atoms with E-state index in [1.807, 2.05) is 0 Å². The summed E-state index contributed by atoms with van der Waals surface area (Å²) in [5, 5.41) is 3.39. The molecular weight excluding hydrogens is 124 g/mol. The molecule has 0 amide bonds. The normalized spacial score (nSPS) is 45.9. The Morgan fingerprint density at radius 2 is 2.30 bits per heavy atom. The van der Waals surface area contributed by atoms with E-state index >= 15 is 0 Å². The molecular formula is C8H16N2. The quantitative estimate of drug-likeness (QED) is 0.563. The lowest BCUT2D eigenvalue weighted by atomic mass is 9.97. The lowest BCUT2D eigenvalue weighted by molar-refractivity contribution is 0.269. The highest BCUT2D eigenvalue weighted by molar-refractivity contribution is 4.91. The fourth-order valence-electron chi connectivity index (χ4n) is 2.34. The predicted molar refractivity (Wildman–Crippen MR) is 42.0 cm³/mol. The molecule has 0 saturated carbocycles. The number of rotatable bonds is 1. The minimum absolute atomic E-state index is 0.794. The maximum Gasteiger partial charge on any atom is 0.0232 e. The summed E-state index contributed by atoms with van der Waals surface area (Å²) in [5.74, 6) is 0.957. The number of likely N-dealkylation sites (N-methyl/N-ethyl adjacent to an activating group) is 1. The first-order valence-corrected chi connectivity index (χ1v) is 4.30. The van der Waals surface area contributed by atoms with Crippen molar-refractivity contribution >= 4 is 0 Å². The number of nitrogens with zero attached hydrogens (tertiary/aromatic N) is 1. The van der Waals surface area contributed by atoms with Crippen molar-refractivity contribution in [3.63, 3.8) is 0 Å². The van der Waals surface area contributed by atoms with Crippen LogP contribution in [0.2, 0.25) is 0 Å². The maximum atomic E-state index is 3.39. The molecule has 2 saturated heterocycles. The smallest absolute Gasteiger partial charge is 0.0232 e. The van der Waals surface area contributed by atoms with Crippen molar-refractivity contribution in [3.8, 4) is 0 Å². The third-order valence-corrected chi connectivity index (χ3v) is 2.94. The number of piperidine rings is 1. The molecule has 0 aromatic rings. The Bertz CT molecular complexity index is 124. The standard InChI is InChI=1S/C8H16N2/c1-9-8-6-10-4-2-3-7(8)5-10/h7-9H,2-6H2,1H3/t7-,8+/m1/s1. The molecule has 0 spiro atoms. The van der Waals surface area contributed by atoms with Crippen molar-refractivity contribution < 1.29 is 0 Å². The summed E-state index contributed by atoms with van der Waals surface area (Å²) in [6.45, 7) is 3.99. The lowest BCUT2D eigenvalue weighted by Gasteiger charge is -2.21. The van der Waals surface area contributed by atoms with Gasteiger partial charge in [0.05, 0.1) is 0 Å². The molecule has 0 aromatic heterocycles. The van der Waals surface area contributed by atoms with Gasteiger partial charge in [-0.25, -0.2) is 0 Å². The minimum atomic E-state index is 0.794. The van der Waals surface area contributed by atoms with Gasteiger partial charge in [-0.2, -0.15) is 0 Å². The Balaban J connectivity index is 2.01. The van der Waals surface area contributed by atoms with E-state index in [0.717, 1.165) is 12.0 Å². The summed E-state index contributed by atoms with van der Waals surface area (Å²) in [5.41, 5.74) is 0. The van der Waals surface area contributed by atoms with E-state index in [4.69, 9.17) is 0 Å². The van der Waals surface area contributed by atoms with Crippen LogP contribution in [0.5, 0.6) is 0 Å². The Labute approximate surface area is 62.6 Å². The van der Waals surface area contributed by atoms with Crippen LogP contribution in [0.3, 0.4) is 0 Å². The van der Waals surface area contributed by atoms with Gasteiger partial charge < -0.3 is 10.2 Å². The molecule has 2 rings (SSSR count). The zero-order valence-corrected chi connectivity index (χ0v) is 6.64. The SMILES string of the molecule is CN[C@H]1CN2CCC[C@@H]1C2. The van der Waals surface area contributed by atoms with Gasteiger partial charge in [0, 0.05) is 19.1 Å². The first-order chi connectivity index (χ1) is 4.90. The summed E-state index contributed by atoms with van der Waals surface area (Å²) in [6, 6.07) is 0.794. The van der Waals surface area contributed by atoms with Crippen molar-refractivity contribution in [3.05, 3.63) is 0 Å². The molecule has 2 aliphatic rings. The van der Waals surface area contributed by atoms with Crippen LogP contribution in [-0.4, -0.2) is 37.6 Å². The molecule has 0 aromatic carbocycles. The van der Waals surface area contributed by atoms with Gasteiger partial charge in [-0.15, -0.1) is 0 Å². The van der Waals surface area contributed by atoms with Crippen molar-refractivity contribution in [2.75, 3.05) is 26.7 Å². The van der Waals surface area contributed by atoms with E-state index < -0.39 is 0 Å². The molecule has 2 fully saturated rings. The van der Waals surface area contributed by atoms with Crippen molar-refractivity contribution in [1.29, 1.82) is 0 Å². The molecule has 0 aliphatic carbocycles. The summed E-state index contributed by atoms with van der Waals surface area (Å²) < 4.78 is 0. The number of nitrogens with one attached hydrogen (secondary N) is 1. The van der Waals surface area contributed by atoms with Gasteiger partial charge in [0.25, 0.3) is 0 Å². The van der Waals surface area contributed by atoms with Crippen LogP contribution in [0.4, 0.5) is 0 Å². The third kappa shape index (κ3) is 0.956.